The van der Waals surface area contributed by atoms with Gasteiger partial charge in [-0.25, -0.2) is 14.8 Å². The lowest BCUT2D eigenvalue weighted by molar-refractivity contribution is 0.0220. The number of nitrogens with zero attached hydrogens (tertiary/aromatic N) is 3. The standard InChI is InChI=1S/C21H27ClN4O2/c1-14-24-18-13-26(20(27)28-21(2,3)4)12-10-16(18)19(25-14)23-11-9-15-7-5-6-8-17(15)22/h5-8H,9-13H2,1-4H3,(H,23,24,25). The number of nitrogens with one attached hydrogen (secondary N) is 1. The summed E-state index contributed by atoms with van der Waals surface area (Å²) in [6.07, 6.45) is 1.20. The zero-order valence-corrected chi connectivity index (χ0v) is 17.6. The molecule has 7 heteroatoms. The largest absolute Gasteiger partial charge is 0.444 e. The van der Waals surface area contributed by atoms with Crippen molar-refractivity contribution in [3.63, 3.8) is 0 Å². The minimum atomic E-state index is -0.510. The van der Waals surface area contributed by atoms with Crippen LogP contribution in [0.5, 0.6) is 0 Å². The molecule has 0 fully saturated rings. The number of aromatic nitrogens is 2. The molecule has 0 unspecified atom stereocenters. The molecule has 1 aliphatic rings. The van der Waals surface area contributed by atoms with Gasteiger partial charge in [0.25, 0.3) is 0 Å². The molecule has 6 nitrogen and oxygen atoms in total. The highest BCUT2D eigenvalue weighted by atomic mass is 35.5. The van der Waals surface area contributed by atoms with Crippen LogP contribution in [0.1, 0.15) is 43.4 Å². The zero-order valence-electron chi connectivity index (χ0n) is 16.9. The highest BCUT2D eigenvalue weighted by Crippen LogP contribution is 2.25. The van der Waals surface area contributed by atoms with E-state index in [-0.39, 0.29) is 6.09 Å². The first-order chi connectivity index (χ1) is 13.2. The van der Waals surface area contributed by atoms with E-state index >= 15 is 0 Å². The lowest BCUT2D eigenvalue weighted by Crippen LogP contribution is -2.40. The van der Waals surface area contributed by atoms with Gasteiger partial charge < -0.3 is 15.0 Å². The van der Waals surface area contributed by atoms with Crippen LogP contribution in [-0.2, 0) is 24.1 Å². The number of benzene rings is 1. The summed E-state index contributed by atoms with van der Waals surface area (Å²) < 4.78 is 5.49. The molecule has 1 aromatic heterocycles. The van der Waals surface area contributed by atoms with E-state index < -0.39 is 5.60 Å². The summed E-state index contributed by atoms with van der Waals surface area (Å²) in [4.78, 5) is 23.2. The number of hydrogen-bond acceptors (Lipinski definition) is 5. The van der Waals surface area contributed by atoms with Gasteiger partial charge in [-0.1, -0.05) is 29.8 Å². The first-order valence-corrected chi connectivity index (χ1v) is 9.92. The Labute approximate surface area is 171 Å². The molecule has 1 aromatic carbocycles. The van der Waals surface area contributed by atoms with Crippen LogP contribution < -0.4 is 5.32 Å². The molecule has 2 aromatic rings. The second kappa shape index (κ2) is 8.35. The number of ether oxygens (including phenoxy) is 1. The quantitative estimate of drug-likeness (QED) is 0.821. The van der Waals surface area contributed by atoms with Crippen LogP contribution in [0.15, 0.2) is 24.3 Å². The monoisotopic (exact) mass is 402 g/mol. The minimum absolute atomic E-state index is 0.303. The first-order valence-electron chi connectivity index (χ1n) is 9.54. The van der Waals surface area contributed by atoms with Crippen LogP contribution in [0.25, 0.3) is 0 Å². The van der Waals surface area contributed by atoms with Crippen molar-refractivity contribution in [1.82, 2.24) is 14.9 Å². The van der Waals surface area contributed by atoms with Crippen molar-refractivity contribution in [2.24, 2.45) is 0 Å². The van der Waals surface area contributed by atoms with E-state index in [4.69, 9.17) is 16.3 Å². The lowest BCUT2D eigenvalue weighted by atomic mass is 10.1. The van der Waals surface area contributed by atoms with E-state index in [0.29, 0.717) is 25.3 Å². The molecule has 1 aliphatic heterocycles. The predicted octanol–water partition coefficient (Wildman–Crippen LogP) is 4.39. The van der Waals surface area contributed by atoms with Crippen LogP contribution in [0.4, 0.5) is 10.6 Å². The van der Waals surface area contributed by atoms with Crippen LogP contribution in [0.3, 0.4) is 0 Å². The number of rotatable bonds is 4. The molecule has 150 valence electrons. The van der Waals surface area contributed by atoms with Gasteiger partial charge in [0, 0.05) is 23.7 Å². The Bertz CT molecular complexity index is 864. The maximum Gasteiger partial charge on any atom is 0.410 e. The Hall–Kier alpha value is -2.34. The molecule has 0 spiro atoms. The Kier molecular flexibility index (Phi) is 6.08. The van der Waals surface area contributed by atoms with Gasteiger partial charge in [0.05, 0.1) is 12.2 Å². The molecule has 1 amide bonds. The fourth-order valence-corrected chi connectivity index (χ4v) is 3.43. The molecule has 2 heterocycles. The number of aryl methyl sites for hydroxylation is 1. The third kappa shape index (κ3) is 5.13. The summed E-state index contributed by atoms with van der Waals surface area (Å²) in [7, 11) is 0. The van der Waals surface area contributed by atoms with E-state index in [9.17, 15) is 4.79 Å². The van der Waals surface area contributed by atoms with Gasteiger partial charge in [0.1, 0.15) is 17.2 Å². The molecular formula is C21H27ClN4O2. The molecular weight excluding hydrogens is 376 g/mol. The number of carbonyl (C=O) groups excluding carboxylic acids is 1. The number of amides is 1. The average molecular weight is 403 g/mol. The molecule has 0 aliphatic carbocycles. The predicted molar refractivity (Wildman–Crippen MR) is 111 cm³/mol. The van der Waals surface area contributed by atoms with E-state index in [2.05, 4.69) is 15.3 Å². The Morgan fingerprint density at radius 2 is 2.04 bits per heavy atom. The number of fused-ring (bicyclic) bond motifs is 1. The maximum atomic E-state index is 12.4. The molecule has 0 saturated heterocycles. The Balaban J connectivity index is 1.69. The summed E-state index contributed by atoms with van der Waals surface area (Å²) in [5.74, 6) is 1.53. The number of carbonyl (C=O) groups is 1. The zero-order chi connectivity index (χ0) is 20.3. The number of hydrogen-bond donors (Lipinski definition) is 1. The molecule has 0 radical (unpaired) electrons. The Morgan fingerprint density at radius 3 is 2.75 bits per heavy atom. The second-order valence-corrected chi connectivity index (χ2v) is 8.37. The molecule has 0 saturated carbocycles. The lowest BCUT2D eigenvalue weighted by Gasteiger charge is -2.31. The van der Waals surface area contributed by atoms with E-state index in [1.54, 1.807) is 4.90 Å². The van der Waals surface area contributed by atoms with Crippen molar-refractivity contribution >= 4 is 23.5 Å². The molecule has 1 N–H and O–H groups in total. The summed E-state index contributed by atoms with van der Waals surface area (Å²) >= 11 is 6.24. The van der Waals surface area contributed by atoms with Crippen LogP contribution in [-0.4, -0.2) is 39.7 Å². The summed E-state index contributed by atoms with van der Waals surface area (Å²) in [5, 5.41) is 4.20. The number of halogens is 1. The van der Waals surface area contributed by atoms with Crippen LogP contribution in [0.2, 0.25) is 5.02 Å². The fraction of sp³-hybridized carbons (Fsp3) is 0.476. The van der Waals surface area contributed by atoms with Crippen molar-refractivity contribution in [3.8, 4) is 0 Å². The van der Waals surface area contributed by atoms with Gasteiger partial charge in [-0.3, -0.25) is 0 Å². The highest BCUT2D eigenvalue weighted by molar-refractivity contribution is 6.31. The number of anilines is 1. The van der Waals surface area contributed by atoms with E-state index in [1.807, 2.05) is 52.0 Å². The van der Waals surface area contributed by atoms with Gasteiger partial charge in [-0.2, -0.15) is 0 Å². The smallest absolute Gasteiger partial charge is 0.410 e. The Morgan fingerprint density at radius 1 is 1.29 bits per heavy atom. The maximum absolute atomic E-state index is 12.4. The fourth-order valence-electron chi connectivity index (χ4n) is 3.20. The van der Waals surface area contributed by atoms with E-state index in [1.165, 1.54) is 0 Å². The third-order valence-electron chi connectivity index (χ3n) is 4.47. The van der Waals surface area contributed by atoms with E-state index in [0.717, 1.165) is 40.6 Å². The molecule has 0 bridgehead atoms. The third-order valence-corrected chi connectivity index (χ3v) is 4.84. The van der Waals surface area contributed by atoms with Gasteiger partial charge in [0.2, 0.25) is 0 Å². The SMILES string of the molecule is Cc1nc2c(c(NCCc3ccccc3Cl)n1)CCN(C(=O)OC(C)(C)C)C2. The molecule has 28 heavy (non-hydrogen) atoms. The van der Waals surface area contributed by atoms with Crippen molar-refractivity contribution in [1.29, 1.82) is 0 Å². The minimum Gasteiger partial charge on any atom is -0.444 e. The van der Waals surface area contributed by atoms with Crippen molar-refractivity contribution in [2.45, 2.75) is 52.7 Å². The van der Waals surface area contributed by atoms with Crippen LogP contribution in [0, 0.1) is 6.92 Å². The van der Waals surface area contributed by atoms with Gasteiger partial charge >= 0.3 is 6.09 Å². The second-order valence-electron chi connectivity index (χ2n) is 7.96. The van der Waals surface area contributed by atoms with Crippen LogP contribution >= 0.6 is 11.6 Å². The van der Waals surface area contributed by atoms with Crippen molar-refractivity contribution in [2.75, 3.05) is 18.4 Å². The first kappa shape index (κ1) is 20.4. The normalized spacial score (nSPS) is 13.8. The topological polar surface area (TPSA) is 67.4 Å². The van der Waals surface area contributed by atoms with Gasteiger partial charge in [-0.05, 0) is 52.2 Å². The van der Waals surface area contributed by atoms with Gasteiger partial charge in [0.15, 0.2) is 0 Å². The summed E-state index contributed by atoms with van der Waals surface area (Å²) in [6.45, 7) is 9.23. The average Bonchev–Trinajstić information content (AvgIpc) is 2.61. The van der Waals surface area contributed by atoms with Gasteiger partial charge in [-0.15, -0.1) is 0 Å². The molecule has 3 rings (SSSR count). The van der Waals surface area contributed by atoms with Crippen molar-refractivity contribution in [3.05, 3.63) is 51.9 Å². The highest BCUT2D eigenvalue weighted by Gasteiger charge is 2.28. The summed E-state index contributed by atoms with van der Waals surface area (Å²) in [5.41, 5.74) is 2.55. The molecule has 0 atom stereocenters. The van der Waals surface area contributed by atoms with Crippen molar-refractivity contribution < 1.29 is 9.53 Å². The summed E-state index contributed by atoms with van der Waals surface area (Å²) in [6, 6.07) is 7.85.